The average molecular weight is 236 g/mol. The first-order valence-corrected chi connectivity index (χ1v) is 5.40. The molecule has 1 aliphatic rings. The van der Waals surface area contributed by atoms with Crippen molar-refractivity contribution in [1.82, 2.24) is 19.5 Å². The Hall–Kier alpha value is -1.73. The highest BCUT2D eigenvalue weighted by atomic mass is 16.5. The quantitative estimate of drug-likeness (QED) is 0.714. The zero-order valence-electron chi connectivity index (χ0n) is 9.20. The lowest BCUT2D eigenvalue weighted by Gasteiger charge is -2.12. The summed E-state index contributed by atoms with van der Waals surface area (Å²) in [6, 6.07) is 0. The summed E-state index contributed by atoms with van der Waals surface area (Å²) in [5.41, 5.74) is 0.477. The largest absolute Gasteiger partial charge is 0.390 e. The fraction of sp³-hybridized carbons (Fsp3) is 0.500. The minimum Gasteiger partial charge on any atom is -0.390 e. The van der Waals surface area contributed by atoms with Gasteiger partial charge in [-0.25, -0.2) is 9.97 Å². The normalized spacial score (nSPS) is 28.9. The van der Waals surface area contributed by atoms with Crippen molar-refractivity contribution < 1.29 is 9.84 Å². The lowest BCUT2D eigenvalue weighted by atomic mass is 10.2. The third kappa shape index (κ3) is 1.55. The number of aliphatic hydroxyl groups excluding tert-OH is 1. The minimum atomic E-state index is -0.501. The van der Waals surface area contributed by atoms with Gasteiger partial charge in [0.2, 0.25) is 0 Å². The third-order valence-electron chi connectivity index (χ3n) is 3.03. The van der Waals surface area contributed by atoms with Crippen molar-refractivity contribution in [2.24, 2.45) is 0 Å². The van der Waals surface area contributed by atoms with E-state index < -0.39 is 6.10 Å². The second kappa shape index (κ2) is 3.64. The van der Waals surface area contributed by atoms with Crippen LogP contribution in [0.4, 0.5) is 0 Å². The molecular weight excluding hydrogens is 224 g/mol. The zero-order valence-corrected chi connectivity index (χ0v) is 9.20. The first-order valence-electron chi connectivity index (χ1n) is 5.40. The van der Waals surface area contributed by atoms with Gasteiger partial charge in [0.1, 0.15) is 6.23 Å². The van der Waals surface area contributed by atoms with Crippen LogP contribution in [0.2, 0.25) is 0 Å². The second-order valence-electron chi connectivity index (χ2n) is 4.15. The van der Waals surface area contributed by atoms with Crippen LogP contribution in [0.1, 0.15) is 19.6 Å². The predicted octanol–water partition coefficient (Wildman–Crippen LogP) is -0.212. The summed E-state index contributed by atoms with van der Waals surface area (Å²) in [6.45, 7) is 1.81. The number of aromatic nitrogens is 4. The van der Waals surface area contributed by atoms with Gasteiger partial charge < -0.3 is 14.8 Å². The van der Waals surface area contributed by atoms with Gasteiger partial charge >= 0.3 is 0 Å². The summed E-state index contributed by atoms with van der Waals surface area (Å²) in [5, 5.41) is 9.65. The Morgan fingerprint density at radius 2 is 2.41 bits per heavy atom. The molecule has 0 saturated carbocycles. The fourth-order valence-electron chi connectivity index (χ4n) is 2.05. The van der Waals surface area contributed by atoms with Gasteiger partial charge in [0.25, 0.3) is 5.56 Å². The van der Waals surface area contributed by atoms with Gasteiger partial charge in [0.15, 0.2) is 11.2 Å². The van der Waals surface area contributed by atoms with Gasteiger partial charge in [-0.05, 0) is 6.92 Å². The van der Waals surface area contributed by atoms with E-state index in [0.717, 1.165) is 0 Å². The average Bonchev–Trinajstić information content (AvgIpc) is 2.85. The molecule has 0 unspecified atom stereocenters. The van der Waals surface area contributed by atoms with E-state index >= 15 is 0 Å². The molecule has 7 nitrogen and oxygen atoms in total. The van der Waals surface area contributed by atoms with Crippen LogP contribution in [0.3, 0.4) is 0 Å². The van der Waals surface area contributed by atoms with Crippen molar-refractivity contribution in [3.8, 4) is 0 Å². The van der Waals surface area contributed by atoms with Crippen LogP contribution >= 0.6 is 0 Å². The van der Waals surface area contributed by atoms with Crippen LogP contribution < -0.4 is 5.56 Å². The maximum Gasteiger partial charge on any atom is 0.278 e. The molecule has 1 fully saturated rings. The molecule has 3 rings (SSSR count). The number of imidazole rings is 1. The van der Waals surface area contributed by atoms with Crippen LogP contribution in [-0.4, -0.2) is 36.8 Å². The van der Waals surface area contributed by atoms with Gasteiger partial charge in [0.05, 0.1) is 24.9 Å². The maximum atomic E-state index is 11.5. The van der Waals surface area contributed by atoms with Crippen LogP contribution in [-0.2, 0) is 4.74 Å². The summed E-state index contributed by atoms with van der Waals surface area (Å²) in [6.07, 6.45) is 2.28. The number of ether oxygens (including phenoxy) is 1. The van der Waals surface area contributed by atoms with E-state index in [-0.39, 0.29) is 23.4 Å². The lowest BCUT2D eigenvalue weighted by Crippen LogP contribution is -2.15. The Morgan fingerprint density at radius 1 is 1.59 bits per heavy atom. The first kappa shape index (κ1) is 10.4. The van der Waals surface area contributed by atoms with Gasteiger partial charge in [-0.2, -0.15) is 0 Å². The van der Waals surface area contributed by atoms with Crippen LogP contribution in [0.5, 0.6) is 0 Å². The standard InChI is InChI=1S/C10H12N4O3/c1-5-6(15)2-7(17-5)14-4-13-8-9(14)11-3-12-10(8)16/h3-7,15H,2H2,1H3,(H,11,12,16)/t5-,6+,7-/m1/s1. The molecule has 0 aliphatic carbocycles. The fourth-order valence-corrected chi connectivity index (χ4v) is 2.05. The number of fused-ring (bicyclic) bond motifs is 1. The smallest absolute Gasteiger partial charge is 0.278 e. The predicted molar refractivity (Wildman–Crippen MR) is 58.4 cm³/mol. The SMILES string of the molecule is C[C@H]1O[C@@H](n2cnc3c(=O)[nH]cnc32)C[C@@H]1O. The number of rotatable bonds is 1. The van der Waals surface area contributed by atoms with Crippen molar-refractivity contribution in [1.29, 1.82) is 0 Å². The van der Waals surface area contributed by atoms with Gasteiger partial charge in [-0.15, -0.1) is 0 Å². The molecule has 2 N–H and O–H groups in total. The van der Waals surface area contributed by atoms with E-state index in [1.54, 1.807) is 4.57 Å². The minimum absolute atomic E-state index is 0.223. The molecule has 0 bridgehead atoms. The molecule has 90 valence electrons. The number of nitrogens with one attached hydrogen (secondary N) is 1. The van der Waals surface area contributed by atoms with Crippen molar-refractivity contribution in [2.45, 2.75) is 31.8 Å². The molecule has 0 radical (unpaired) electrons. The number of aliphatic hydroxyl groups is 1. The van der Waals surface area contributed by atoms with Gasteiger partial charge in [0, 0.05) is 6.42 Å². The molecule has 0 amide bonds. The van der Waals surface area contributed by atoms with E-state index in [1.807, 2.05) is 6.92 Å². The van der Waals surface area contributed by atoms with Crippen molar-refractivity contribution in [2.75, 3.05) is 0 Å². The summed E-state index contributed by atoms with van der Waals surface area (Å²) >= 11 is 0. The molecule has 0 aromatic carbocycles. The van der Waals surface area contributed by atoms with Gasteiger partial charge in [-0.3, -0.25) is 9.36 Å². The number of H-pyrrole nitrogens is 1. The lowest BCUT2D eigenvalue weighted by molar-refractivity contribution is -0.00632. The van der Waals surface area contributed by atoms with E-state index in [1.165, 1.54) is 12.7 Å². The number of nitrogens with zero attached hydrogens (tertiary/aromatic N) is 3. The number of aromatic amines is 1. The Bertz CT molecular complexity index is 595. The summed E-state index contributed by atoms with van der Waals surface area (Å²) in [5.74, 6) is 0. The Labute approximate surface area is 96.1 Å². The van der Waals surface area contributed by atoms with Gasteiger partial charge in [-0.1, -0.05) is 0 Å². The molecule has 2 aromatic heterocycles. The second-order valence-corrected chi connectivity index (χ2v) is 4.15. The van der Waals surface area contributed by atoms with E-state index in [9.17, 15) is 9.90 Å². The highest BCUT2D eigenvalue weighted by Crippen LogP contribution is 2.29. The molecule has 1 aliphatic heterocycles. The molecular formula is C10H12N4O3. The van der Waals surface area contributed by atoms with Crippen LogP contribution in [0.25, 0.3) is 11.2 Å². The monoisotopic (exact) mass is 236 g/mol. The maximum absolute atomic E-state index is 11.5. The number of hydrogen-bond donors (Lipinski definition) is 2. The Balaban J connectivity index is 2.07. The zero-order chi connectivity index (χ0) is 12.0. The van der Waals surface area contributed by atoms with Crippen LogP contribution in [0.15, 0.2) is 17.4 Å². The van der Waals surface area contributed by atoms with E-state index in [4.69, 9.17) is 4.74 Å². The van der Waals surface area contributed by atoms with Crippen molar-refractivity contribution >= 4 is 11.2 Å². The molecule has 3 heterocycles. The molecule has 17 heavy (non-hydrogen) atoms. The molecule has 2 aromatic rings. The summed E-state index contributed by atoms with van der Waals surface area (Å²) in [4.78, 5) is 22.0. The molecule has 1 saturated heterocycles. The molecule has 0 spiro atoms. The van der Waals surface area contributed by atoms with E-state index in [0.29, 0.717) is 12.1 Å². The topological polar surface area (TPSA) is 93.0 Å². The summed E-state index contributed by atoms with van der Waals surface area (Å²) < 4.78 is 7.26. The summed E-state index contributed by atoms with van der Waals surface area (Å²) in [7, 11) is 0. The molecule has 3 atom stereocenters. The van der Waals surface area contributed by atoms with Crippen molar-refractivity contribution in [3.63, 3.8) is 0 Å². The molecule has 7 heteroatoms. The Kier molecular flexibility index (Phi) is 2.23. The van der Waals surface area contributed by atoms with Crippen molar-refractivity contribution in [3.05, 3.63) is 23.0 Å². The number of hydrogen-bond acceptors (Lipinski definition) is 5. The highest BCUT2D eigenvalue weighted by Gasteiger charge is 2.32. The Morgan fingerprint density at radius 3 is 3.12 bits per heavy atom. The van der Waals surface area contributed by atoms with E-state index in [2.05, 4.69) is 15.0 Å². The highest BCUT2D eigenvalue weighted by molar-refractivity contribution is 5.68. The van der Waals surface area contributed by atoms with Crippen LogP contribution in [0, 0.1) is 0 Å². The first-order chi connectivity index (χ1) is 8.16. The third-order valence-corrected chi connectivity index (χ3v) is 3.03.